The van der Waals surface area contributed by atoms with Crippen molar-refractivity contribution in [3.63, 3.8) is 0 Å². The quantitative estimate of drug-likeness (QED) is 0.927. The van der Waals surface area contributed by atoms with Crippen molar-refractivity contribution in [2.45, 2.75) is 26.1 Å². The van der Waals surface area contributed by atoms with Crippen LogP contribution in [0.1, 0.15) is 13.8 Å². The lowest BCUT2D eigenvalue weighted by Crippen LogP contribution is -2.47. The second-order valence-electron chi connectivity index (χ2n) is 6.36. The summed E-state index contributed by atoms with van der Waals surface area (Å²) in [6.45, 7) is 8.01. The molecule has 0 saturated carbocycles. The highest BCUT2D eigenvalue weighted by atomic mass is 16.5. The normalized spacial score (nSPS) is 22.4. The summed E-state index contributed by atoms with van der Waals surface area (Å²) >= 11 is 0. The molecule has 124 valence electrons. The van der Waals surface area contributed by atoms with Crippen LogP contribution in [0, 0.1) is 0 Å². The van der Waals surface area contributed by atoms with Crippen molar-refractivity contribution in [2.75, 3.05) is 43.9 Å². The van der Waals surface area contributed by atoms with Gasteiger partial charge in [0, 0.05) is 38.6 Å². The molecule has 6 heteroatoms. The molecule has 1 aliphatic rings. The number of hydrogen-bond acceptors (Lipinski definition) is 6. The Morgan fingerprint density at radius 1 is 1.22 bits per heavy atom. The maximum Gasteiger partial charge on any atom is 0.227 e. The van der Waals surface area contributed by atoms with Gasteiger partial charge in [-0.2, -0.15) is 4.98 Å². The van der Waals surface area contributed by atoms with E-state index < -0.39 is 0 Å². The van der Waals surface area contributed by atoms with Crippen molar-refractivity contribution >= 4 is 22.7 Å². The van der Waals surface area contributed by atoms with Crippen molar-refractivity contribution in [2.24, 2.45) is 0 Å². The number of benzene rings is 1. The molecule has 2 heterocycles. The van der Waals surface area contributed by atoms with Gasteiger partial charge in [0.15, 0.2) is 0 Å². The van der Waals surface area contributed by atoms with Gasteiger partial charge in [-0.1, -0.05) is 12.1 Å². The number of hydrogen-bond donors (Lipinski definition) is 1. The van der Waals surface area contributed by atoms with Crippen LogP contribution in [0.4, 0.5) is 11.8 Å². The summed E-state index contributed by atoms with van der Waals surface area (Å²) in [5.74, 6) is 1.21. The average Bonchev–Trinajstić information content (AvgIpc) is 2.51. The number of para-hydroxylation sites is 1. The number of morpholine rings is 1. The first-order valence-corrected chi connectivity index (χ1v) is 8.14. The van der Waals surface area contributed by atoms with E-state index in [0.29, 0.717) is 11.8 Å². The number of nitrogens with two attached hydrogens (primary N) is 1. The fourth-order valence-corrected chi connectivity index (χ4v) is 3.12. The smallest absolute Gasteiger partial charge is 0.227 e. The van der Waals surface area contributed by atoms with E-state index in [-0.39, 0.29) is 12.2 Å². The number of anilines is 2. The minimum absolute atomic E-state index is 0.289. The van der Waals surface area contributed by atoms with Gasteiger partial charge in [0.05, 0.1) is 17.7 Å². The first kappa shape index (κ1) is 16.0. The van der Waals surface area contributed by atoms with Crippen LogP contribution in [0.3, 0.4) is 0 Å². The second kappa shape index (κ2) is 6.68. The van der Waals surface area contributed by atoms with Crippen LogP contribution < -0.4 is 10.6 Å². The van der Waals surface area contributed by atoms with Crippen LogP contribution in [0.5, 0.6) is 0 Å². The fraction of sp³-hybridized carbons (Fsp3) is 0.529. The molecule has 2 aromatic rings. The molecule has 2 atom stereocenters. The molecule has 2 N–H and O–H groups in total. The van der Waals surface area contributed by atoms with Crippen molar-refractivity contribution in [1.82, 2.24) is 14.9 Å². The summed E-state index contributed by atoms with van der Waals surface area (Å²) in [7, 11) is 2.01. The van der Waals surface area contributed by atoms with Crippen molar-refractivity contribution < 1.29 is 4.74 Å². The number of nitrogen functional groups attached to an aromatic ring is 1. The van der Waals surface area contributed by atoms with Crippen molar-refractivity contribution in [1.29, 1.82) is 0 Å². The zero-order valence-corrected chi connectivity index (χ0v) is 14.1. The van der Waals surface area contributed by atoms with Gasteiger partial charge in [-0.05, 0) is 26.0 Å². The first-order chi connectivity index (χ1) is 11.0. The summed E-state index contributed by atoms with van der Waals surface area (Å²) in [5, 5.41) is 0.903. The standard InChI is InChI=1S/C17H25N5O/c1-12-10-22(11-13(2)23-12)9-8-21(3)17-19-15-7-5-4-6-14(15)16(18)20-17/h4-7,12-13H,8-11H2,1-3H3,(H2,18,19,20)/t12-,13+. The van der Waals surface area contributed by atoms with Gasteiger partial charge in [0.2, 0.25) is 5.95 Å². The third kappa shape index (κ3) is 3.71. The highest BCUT2D eigenvalue weighted by molar-refractivity contribution is 5.88. The van der Waals surface area contributed by atoms with Crippen molar-refractivity contribution in [3.05, 3.63) is 24.3 Å². The monoisotopic (exact) mass is 315 g/mol. The summed E-state index contributed by atoms with van der Waals surface area (Å²) in [4.78, 5) is 13.6. The highest BCUT2D eigenvalue weighted by Crippen LogP contribution is 2.20. The number of likely N-dealkylation sites (N-methyl/N-ethyl adjacent to an activating group) is 1. The largest absolute Gasteiger partial charge is 0.383 e. The predicted molar refractivity (Wildman–Crippen MR) is 93.7 cm³/mol. The molecule has 6 nitrogen and oxygen atoms in total. The van der Waals surface area contributed by atoms with Crippen LogP contribution in [0.2, 0.25) is 0 Å². The van der Waals surface area contributed by atoms with Crippen LogP contribution in [0.25, 0.3) is 10.9 Å². The van der Waals surface area contributed by atoms with E-state index >= 15 is 0 Å². The molecule has 1 aromatic heterocycles. The van der Waals surface area contributed by atoms with E-state index in [2.05, 4.69) is 33.6 Å². The molecule has 0 radical (unpaired) electrons. The van der Waals surface area contributed by atoms with E-state index in [4.69, 9.17) is 10.5 Å². The summed E-state index contributed by atoms with van der Waals surface area (Å²) in [5.41, 5.74) is 6.95. The molecule has 1 saturated heterocycles. The molecule has 0 spiro atoms. The van der Waals surface area contributed by atoms with Gasteiger partial charge < -0.3 is 15.4 Å². The zero-order valence-electron chi connectivity index (χ0n) is 14.1. The lowest BCUT2D eigenvalue weighted by atomic mass is 10.2. The lowest BCUT2D eigenvalue weighted by Gasteiger charge is -2.36. The molecule has 0 aliphatic carbocycles. The Morgan fingerprint density at radius 3 is 2.65 bits per heavy atom. The molecular formula is C17H25N5O. The third-order valence-corrected chi connectivity index (χ3v) is 4.21. The molecule has 1 fully saturated rings. The minimum Gasteiger partial charge on any atom is -0.383 e. The van der Waals surface area contributed by atoms with Crippen LogP contribution in [-0.2, 0) is 4.74 Å². The Hall–Kier alpha value is -1.92. The average molecular weight is 315 g/mol. The SMILES string of the molecule is C[C@@H]1CN(CCN(C)c2nc(N)c3ccccc3n2)C[C@H](C)O1. The number of rotatable bonds is 4. The maximum absolute atomic E-state index is 6.07. The fourth-order valence-electron chi connectivity index (χ4n) is 3.12. The third-order valence-electron chi connectivity index (χ3n) is 4.21. The Morgan fingerprint density at radius 2 is 1.91 bits per heavy atom. The van der Waals surface area contributed by atoms with Crippen LogP contribution in [-0.4, -0.2) is 60.3 Å². The van der Waals surface area contributed by atoms with Gasteiger partial charge in [-0.15, -0.1) is 0 Å². The summed E-state index contributed by atoms with van der Waals surface area (Å²) < 4.78 is 5.78. The molecule has 23 heavy (non-hydrogen) atoms. The predicted octanol–water partition coefficient (Wildman–Crippen LogP) is 1.76. The topological polar surface area (TPSA) is 67.5 Å². The molecule has 0 bridgehead atoms. The van der Waals surface area contributed by atoms with Gasteiger partial charge in [0.1, 0.15) is 5.82 Å². The number of aromatic nitrogens is 2. The first-order valence-electron chi connectivity index (χ1n) is 8.14. The number of ether oxygens (including phenoxy) is 1. The Bertz CT molecular complexity index is 667. The van der Waals surface area contributed by atoms with Crippen LogP contribution >= 0.6 is 0 Å². The van der Waals surface area contributed by atoms with E-state index in [1.807, 2.05) is 31.3 Å². The summed E-state index contributed by atoms with van der Waals surface area (Å²) in [6.07, 6.45) is 0.577. The van der Waals surface area contributed by atoms with Crippen LogP contribution in [0.15, 0.2) is 24.3 Å². The van der Waals surface area contributed by atoms with E-state index in [1.165, 1.54) is 0 Å². The lowest BCUT2D eigenvalue weighted by molar-refractivity contribution is -0.0670. The second-order valence-corrected chi connectivity index (χ2v) is 6.36. The van der Waals surface area contributed by atoms with E-state index in [1.54, 1.807) is 0 Å². The van der Waals surface area contributed by atoms with E-state index in [9.17, 15) is 0 Å². The maximum atomic E-state index is 6.07. The van der Waals surface area contributed by atoms with E-state index in [0.717, 1.165) is 37.1 Å². The van der Waals surface area contributed by atoms with Crippen molar-refractivity contribution in [3.8, 4) is 0 Å². The minimum atomic E-state index is 0.289. The Balaban J connectivity index is 1.67. The molecule has 0 amide bonds. The molecule has 1 aliphatic heterocycles. The number of fused-ring (bicyclic) bond motifs is 1. The Kier molecular flexibility index (Phi) is 4.63. The van der Waals surface area contributed by atoms with Gasteiger partial charge in [-0.3, -0.25) is 4.90 Å². The van der Waals surface area contributed by atoms with Gasteiger partial charge >= 0.3 is 0 Å². The zero-order chi connectivity index (χ0) is 16.4. The molecular weight excluding hydrogens is 290 g/mol. The molecule has 0 unspecified atom stereocenters. The Labute approximate surface area is 137 Å². The molecule has 3 rings (SSSR count). The molecule has 1 aromatic carbocycles. The highest BCUT2D eigenvalue weighted by Gasteiger charge is 2.22. The van der Waals surface area contributed by atoms with Gasteiger partial charge in [-0.25, -0.2) is 4.98 Å². The van der Waals surface area contributed by atoms with Gasteiger partial charge in [0.25, 0.3) is 0 Å². The summed E-state index contributed by atoms with van der Waals surface area (Å²) in [6, 6.07) is 7.84. The number of nitrogens with zero attached hydrogens (tertiary/aromatic N) is 4.